The van der Waals surface area contributed by atoms with Crippen LogP contribution in [0.15, 0.2) is 46.9 Å². The Morgan fingerprint density at radius 2 is 1.57 bits per heavy atom. The van der Waals surface area contributed by atoms with Crippen molar-refractivity contribution in [2.75, 3.05) is 20.3 Å². The summed E-state index contributed by atoms with van der Waals surface area (Å²) in [5.41, 5.74) is 1.20. The Hall–Kier alpha value is -1.20. The number of methoxy groups -OCH3 is 1. The van der Waals surface area contributed by atoms with E-state index in [1.165, 1.54) is 5.56 Å². The third kappa shape index (κ3) is 4.93. The molecule has 0 fully saturated rings. The van der Waals surface area contributed by atoms with Crippen molar-refractivity contribution >= 4 is 31.9 Å². The highest BCUT2D eigenvalue weighted by Gasteiger charge is 2.02. The van der Waals surface area contributed by atoms with E-state index in [0.717, 1.165) is 27.1 Å². The molecule has 0 aromatic heterocycles. The second-order valence-corrected chi connectivity index (χ2v) is 5.69. The van der Waals surface area contributed by atoms with Crippen LogP contribution in [-0.4, -0.2) is 20.3 Å². The molecule has 2 rings (SSSR count). The van der Waals surface area contributed by atoms with Crippen LogP contribution >= 0.6 is 31.9 Å². The van der Waals surface area contributed by atoms with Gasteiger partial charge in [0.05, 0.1) is 11.6 Å². The van der Waals surface area contributed by atoms with Crippen LogP contribution in [0.3, 0.4) is 0 Å². The average molecular weight is 416 g/mol. The van der Waals surface area contributed by atoms with Crippen molar-refractivity contribution in [2.45, 2.75) is 5.33 Å². The second-order valence-electron chi connectivity index (χ2n) is 4.27. The minimum absolute atomic E-state index is 0.484. The normalized spacial score (nSPS) is 10.2. The van der Waals surface area contributed by atoms with E-state index >= 15 is 0 Å². The van der Waals surface area contributed by atoms with E-state index in [0.29, 0.717) is 13.2 Å². The lowest BCUT2D eigenvalue weighted by molar-refractivity contribution is 0.216. The van der Waals surface area contributed by atoms with E-state index in [4.69, 9.17) is 14.2 Å². The molecule has 0 unspecified atom stereocenters. The van der Waals surface area contributed by atoms with Gasteiger partial charge in [-0.1, -0.05) is 22.0 Å². The van der Waals surface area contributed by atoms with Gasteiger partial charge in [0, 0.05) is 5.33 Å². The van der Waals surface area contributed by atoms with Gasteiger partial charge in [0.25, 0.3) is 0 Å². The summed E-state index contributed by atoms with van der Waals surface area (Å²) in [6.45, 7) is 0.969. The van der Waals surface area contributed by atoms with Crippen LogP contribution in [0.25, 0.3) is 0 Å². The van der Waals surface area contributed by atoms with Gasteiger partial charge in [-0.2, -0.15) is 0 Å². The van der Waals surface area contributed by atoms with Gasteiger partial charge in [-0.3, -0.25) is 0 Å². The van der Waals surface area contributed by atoms with Gasteiger partial charge in [-0.05, 0) is 57.9 Å². The van der Waals surface area contributed by atoms with Crippen LogP contribution in [0, 0.1) is 0 Å². The number of hydrogen-bond acceptors (Lipinski definition) is 3. The van der Waals surface area contributed by atoms with Gasteiger partial charge in [0.1, 0.15) is 30.5 Å². The molecule has 21 heavy (non-hydrogen) atoms. The van der Waals surface area contributed by atoms with Crippen LogP contribution < -0.4 is 14.2 Å². The molecular formula is C16H16Br2O3. The largest absolute Gasteiger partial charge is 0.497 e. The lowest BCUT2D eigenvalue weighted by Crippen LogP contribution is -2.09. The summed E-state index contributed by atoms with van der Waals surface area (Å²) in [6.07, 6.45) is 0. The lowest BCUT2D eigenvalue weighted by Gasteiger charge is -2.10. The summed E-state index contributed by atoms with van der Waals surface area (Å²) in [7, 11) is 1.64. The summed E-state index contributed by atoms with van der Waals surface area (Å²) in [6, 6.07) is 13.5. The first-order valence-corrected chi connectivity index (χ1v) is 8.38. The fourth-order valence-electron chi connectivity index (χ4n) is 1.73. The Bertz CT molecular complexity index is 570. The maximum absolute atomic E-state index is 5.69. The SMILES string of the molecule is COc1ccc(OCCOc2ccc(CBr)cc2Br)cc1. The number of ether oxygens (including phenoxy) is 3. The zero-order valence-electron chi connectivity index (χ0n) is 11.6. The van der Waals surface area contributed by atoms with Crippen LogP contribution in [-0.2, 0) is 5.33 Å². The fourth-order valence-corrected chi connectivity index (χ4v) is 2.62. The predicted molar refractivity (Wildman–Crippen MR) is 90.8 cm³/mol. The number of halogens is 2. The van der Waals surface area contributed by atoms with Gasteiger partial charge < -0.3 is 14.2 Å². The van der Waals surface area contributed by atoms with E-state index in [1.807, 2.05) is 42.5 Å². The third-order valence-corrected chi connectivity index (χ3v) is 4.09. The first-order chi connectivity index (χ1) is 10.2. The number of benzene rings is 2. The molecule has 0 N–H and O–H groups in total. The minimum atomic E-state index is 0.484. The van der Waals surface area contributed by atoms with Crippen molar-refractivity contribution < 1.29 is 14.2 Å². The molecule has 0 amide bonds. The summed E-state index contributed by atoms with van der Waals surface area (Å²) >= 11 is 6.93. The van der Waals surface area contributed by atoms with E-state index < -0.39 is 0 Å². The summed E-state index contributed by atoms with van der Waals surface area (Å²) in [5.74, 6) is 2.43. The highest BCUT2D eigenvalue weighted by atomic mass is 79.9. The van der Waals surface area contributed by atoms with E-state index in [-0.39, 0.29) is 0 Å². The number of rotatable bonds is 7. The van der Waals surface area contributed by atoms with Crippen molar-refractivity contribution in [2.24, 2.45) is 0 Å². The molecule has 0 aliphatic rings. The zero-order chi connectivity index (χ0) is 15.1. The molecule has 112 valence electrons. The molecule has 3 nitrogen and oxygen atoms in total. The summed E-state index contributed by atoms with van der Waals surface area (Å²) in [4.78, 5) is 0. The molecule has 0 bridgehead atoms. The first-order valence-electron chi connectivity index (χ1n) is 6.47. The summed E-state index contributed by atoms with van der Waals surface area (Å²) < 4.78 is 17.3. The second kappa shape index (κ2) is 8.29. The Balaban J connectivity index is 1.78. The molecule has 0 heterocycles. The quantitative estimate of drug-likeness (QED) is 0.479. The Morgan fingerprint density at radius 1 is 0.905 bits per heavy atom. The topological polar surface area (TPSA) is 27.7 Å². The maximum Gasteiger partial charge on any atom is 0.133 e. The van der Waals surface area contributed by atoms with E-state index in [9.17, 15) is 0 Å². The van der Waals surface area contributed by atoms with Crippen LogP contribution in [0.4, 0.5) is 0 Å². The van der Waals surface area contributed by atoms with Gasteiger partial charge in [-0.15, -0.1) is 0 Å². The molecule has 0 radical (unpaired) electrons. The van der Waals surface area contributed by atoms with Crippen molar-refractivity contribution in [3.8, 4) is 17.2 Å². The third-order valence-electron chi connectivity index (χ3n) is 2.82. The Labute approximate surface area is 141 Å². The van der Waals surface area contributed by atoms with Gasteiger partial charge in [-0.25, -0.2) is 0 Å². The zero-order valence-corrected chi connectivity index (χ0v) is 14.8. The van der Waals surface area contributed by atoms with Crippen molar-refractivity contribution in [1.82, 2.24) is 0 Å². The average Bonchev–Trinajstić information content (AvgIpc) is 2.53. The van der Waals surface area contributed by atoms with Crippen molar-refractivity contribution in [3.63, 3.8) is 0 Å². The molecule has 2 aromatic rings. The molecule has 0 aliphatic heterocycles. The van der Waals surface area contributed by atoms with Crippen LogP contribution in [0.2, 0.25) is 0 Å². The number of hydrogen-bond donors (Lipinski definition) is 0. The highest BCUT2D eigenvalue weighted by Crippen LogP contribution is 2.26. The molecule has 5 heteroatoms. The van der Waals surface area contributed by atoms with Gasteiger partial charge >= 0.3 is 0 Å². The molecule has 0 saturated heterocycles. The molecule has 0 aliphatic carbocycles. The van der Waals surface area contributed by atoms with Crippen LogP contribution in [0.5, 0.6) is 17.2 Å². The molecular weight excluding hydrogens is 400 g/mol. The first kappa shape index (κ1) is 16.2. The molecule has 2 aromatic carbocycles. The highest BCUT2D eigenvalue weighted by molar-refractivity contribution is 9.10. The fraction of sp³-hybridized carbons (Fsp3) is 0.250. The molecule has 0 spiro atoms. The minimum Gasteiger partial charge on any atom is -0.497 e. The van der Waals surface area contributed by atoms with E-state index in [1.54, 1.807) is 7.11 Å². The Morgan fingerprint density at radius 3 is 2.19 bits per heavy atom. The smallest absolute Gasteiger partial charge is 0.133 e. The van der Waals surface area contributed by atoms with Crippen molar-refractivity contribution in [3.05, 3.63) is 52.5 Å². The predicted octanol–water partition coefficient (Wildman–Crippen LogP) is 4.81. The van der Waals surface area contributed by atoms with E-state index in [2.05, 4.69) is 31.9 Å². The van der Waals surface area contributed by atoms with Gasteiger partial charge in [0.15, 0.2) is 0 Å². The number of alkyl halides is 1. The standard InChI is InChI=1S/C16H16Br2O3/c1-19-13-3-5-14(6-4-13)20-8-9-21-16-7-2-12(11-17)10-15(16)18/h2-7,10H,8-9,11H2,1H3. The van der Waals surface area contributed by atoms with Crippen molar-refractivity contribution in [1.29, 1.82) is 0 Å². The Kier molecular flexibility index (Phi) is 6.39. The molecule has 0 saturated carbocycles. The maximum atomic E-state index is 5.69. The lowest BCUT2D eigenvalue weighted by atomic mass is 10.2. The van der Waals surface area contributed by atoms with Crippen LogP contribution in [0.1, 0.15) is 5.56 Å². The van der Waals surface area contributed by atoms with Gasteiger partial charge in [0.2, 0.25) is 0 Å². The monoisotopic (exact) mass is 414 g/mol. The molecule has 0 atom stereocenters. The summed E-state index contributed by atoms with van der Waals surface area (Å²) in [5, 5.41) is 0.826.